The minimum atomic E-state index is -1.63. The fourth-order valence-corrected chi connectivity index (χ4v) is 6.91. The smallest absolute Gasteiger partial charge is 0.254 e. The van der Waals surface area contributed by atoms with E-state index in [-0.39, 0.29) is 36.1 Å². The average molecular weight is 615 g/mol. The van der Waals surface area contributed by atoms with Crippen LogP contribution in [0.1, 0.15) is 41.0 Å². The highest BCUT2D eigenvalue weighted by Crippen LogP contribution is 2.40. The maximum atomic E-state index is 14.0. The Kier molecular flexibility index (Phi) is 9.03. The fraction of sp³-hybridized carbons (Fsp3) is 0.324. The molecule has 3 aromatic carbocycles. The molecule has 3 atom stereocenters. The van der Waals surface area contributed by atoms with E-state index in [1.54, 1.807) is 19.1 Å². The quantitative estimate of drug-likeness (QED) is 0.227. The number of benzene rings is 3. The number of aromatic hydroxyl groups is 1. The molecule has 0 aliphatic carbocycles. The van der Waals surface area contributed by atoms with Crippen molar-refractivity contribution < 1.29 is 24.6 Å². The summed E-state index contributed by atoms with van der Waals surface area (Å²) in [7, 11) is 1.95. The molecule has 9 nitrogen and oxygen atoms in total. The van der Waals surface area contributed by atoms with Gasteiger partial charge in [0.2, 0.25) is 5.91 Å². The number of aliphatic hydroxyl groups excluding tert-OH is 1. The van der Waals surface area contributed by atoms with Crippen LogP contribution in [0.3, 0.4) is 0 Å². The molecule has 230 valence electrons. The summed E-state index contributed by atoms with van der Waals surface area (Å²) in [5.74, 6) is -1.28. The summed E-state index contributed by atoms with van der Waals surface area (Å²) >= 11 is 1.46. The third-order valence-corrected chi connectivity index (χ3v) is 9.75. The molecule has 2 heterocycles. The molecule has 4 aromatic rings. The van der Waals surface area contributed by atoms with Crippen LogP contribution in [0.5, 0.6) is 5.75 Å². The predicted molar refractivity (Wildman–Crippen MR) is 172 cm³/mol. The fourth-order valence-electron chi connectivity index (χ4n) is 5.77. The number of para-hydroxylation sites is 1. The van der Waals surface area contributed by atoms with Gasteiger partial charge in [0, 0.05) is 34.1 Å². The number of aromatic nitrogens is 1. The van der Waals surface area contributed by atoms with Crippen molar-refractivity contribution in [3.8, 4) is 5.75 Å². The van der Waals surface area contributed by atoms with E-state index in [1.165, 1.54) is 22.7 Å². The van der Waals surface area contributed by atoms with E-state index in [9.17, 15) is 24.6 Å². The molecule has 0 spiro atoms. The molecule has 3 unspecified atom stereocenters. The largest absolute Gasteiger partial charge is 0.508 e. The summed E-state index contributed by atoms with van der Waals surface area (Å²) in [5, 5.41) is 28.6. The van der Waals surface area contributed by atoms with Crippen molar-refractivity contribution in [3.63, 3.8) is 0 Å². The number of fused-ring (bicyclic) bond motifs is 1. The predicted octanol–water partition coefficient (Wildman–Crippen LogP) is 3.89. The molecular weight excluding hydrogens is 576 g/mol. The zero-order chi connectivity index (χ0) is 31.6. The third-order valence-electron chi connectivity index (χ3n) is 8.37. The van der Waals surface area contributed by atoms with Crippen molar-refractivity contribution in [2.24, 2.45) is 7.05 Å². The zero-order valence-corrected chi connectivity index (χ0v) is 26.1. The Morgan fingerprint density at radius 3 is 2.45 bits per heavy atom. The van der Waals surface area contributed by atoms with Crippen molar-refractivity contribution in [1.29, 1.82) is 0 Å². The average Bonchev–Trinajstić information content (AvgIpc) is 3.51. The van der Waals surface area contributed by atoms with Crippen molar-refractivity contribution in [3.05, 3.63) is 101 Å². The molecule has 5 rings (SSSR count). The number of nitrogens with zero attached hydrogens (tertiary/aromatic N) is 2. The van der Waals surface area contributed by atoms with E-state index in [1.807, 2.05) is 86.1 Å². The third kappa shape index (κ3) is 6.32. The number of aliphatic hydroxyl groups is 1. The number of phenols is 1. The van der Waals surface area contributed by atoms with Crippen LogP contribution in [0.15, 0.2) is 78.9 Å². The van der Waals surface area contributed by atoms with E-state index < -0.39 is 34.7 Å². The standard InChI is InChI=1S/C34H38N4O5S/c1-21-25(14-10-16-28(21)39)31(41)36-26(17-22-11-6-5-7-12-22)29(40)33(43)38-20-44-34(2,3)30(38)32(42)35-19-24-18-23-13-8-9-15-27(23)37(24)4/h5-16,18,26,29-30,39-40H,17,19-20H2,1-4H3,(H,35,42)(H,36,41). The normalized spacial score (nSPS) is 17.3. The Labute approximate surface area is 261 Å². The molecule has 1 fully saturated rings. The van der Waals surface area contributed by atoms with Crippen molar-refractivity contribution >= 4 is 40.4 Å². The van der Waals surface area contributed by atoms with Gasteiger partial charge in [0.25, 0.3) is 11.8 Å². The number of hydrogen-bond acceptors (Lipinski definition) is 6. The SMILES string of the molecule is Cc1c(O)cccc1C(=O)NC(Cc1ccccc1)C(O)C(=O)N1CSC(C)(C)C1C(=O)NCc1cc2ccccc2n1C. The van der Waals surface area contributed by atoms with Gasteiger partial charge in [-0.2, -0.15) is 0 Å². The summed E-state index contributed by atoms with van der Waals surface area (Å²) in [6, 6.07) is 22.1. The second kappa shape index (κ2) is 12.8. The van der Waals surface area contributed by atoms with Crippen LogP contribution in [-0.4, -0.2) is 66.2 Å². The summed E-state index contributed by atoms with van der Waals surface area (Å²) in [6.07, 6.45) is -1.45. The molecule has 1 saturated heterocycles. The molecule has 3 amide bonds. The number of amides is 3. The lowest BCUT2D eigenvalue weighted by molar-refractivity contribution is -0.147. The van der Waals surface area contributed by atoms with Gasteiger partial charge in [-0.3, -0.25) is 14.4 Å². The molecule has 1 aromatic heterocycles. The second-order valence-corrected chi connectivity index (χ2v) is 13.3. The highest BCUT2D eigenvalue weighted by Gasteiger charge is 2.49. The molecule has 10 heteroatoms. The lowest BCUT2D eigenvalue weighted by Gasteiger charge is -2.33. The molecule has 0 saturated carbocycles. The van der Waals surface area contributed by atoms with Gasteiger partial charge in [-0.15, -0.1) is 11.8 Å². The molecular formula is C34H38N4O5S. The highest BCUT2D eigenvalue weighted by atomic mass is 32.2. The lowest BCUT2D eigenvalue weighted by Crippen LogP contribution is -2.58. The van der Waals surface area contributed by atoms with Crippen molar-refractivity contribution in [1.82, 2.24) is 20.1 Å². The maximum Gasteiger partial charge on any atom is 0.254 e. The lowest BCUT2D eigenvalue weighted by atomic mass is 9.96. The topological polar surface area (TPSA) is 124 Å². The highest BCUT2D eigenvalue weighted by molar-refractivity contribution is 8.00. The maximum absolute atomic E-state index is 14.0. The molecule has 1 aliphatic rings. The first kappa shape index (κ1) is 31.2. The van der Waals surface area contributed by atoms with Gasteiger partial charge in [0.15, 0.2) is 6.10 Å². The number of rotatable bonds is 9. The van der Waals surface area contributed by atoms with E-state index in [4.69, 9.17) is 0 Å². The number of thioether (sulfide) groups is 1. The first-order chi connectivity index (χ1) is 21.0. The first-order valence-electron chi connectivity index (χ1n) is 14.5. The van der Waals surface area contributed by atoms with E-state index >= 15 is 0 Å². The summed E-state index contributed by atoms with van der Waals surface area (Å²) in [4.78, 5) is 42.4. The van der Waals surface area contributed by atoms with Crippen LogP contribution in [0.4, 0.5) is 0 Å². The first-order valence-corrected chi connectivity index (χ1v) is 15.5. The Morgan fingerprint density at radius 1 is 1.02 bits per heavy atom. The Balaban J connectivity index is 1.36. The van der Waals surface area contributed by atoms with Gasteiger partial charge in [0.05, 0.1) is 18.5 Å². The van der Waals surface area contributed by atoms with Crippen LogP contribution >= 0.6 is 11.8 Å². The van der Waals surface area contributed by atoms with Gasteiger partial charge in [-0.1, -0.05) is 54.6 Å². The Bertz CT molecular complexity index is 1690. The van der Waals surface area contributed by atoms with Gasteiger partial charge in [0.1, 0.15) is 11.8 Å². The number of phenolic OH excluding ortho intramolecular Hbond substituents is 1. The van der Waals surface area contributed by atoms with Gasteiger partial charge >= 0.3 is 0 Å². The number of nitrogens with one attached hydrogen (secondary N) is 2. The Hall–Kier alpha value is -4.28. The molecule has 1 aliphatic heterocycles. The number of carbonyl (C=O) groups excluding carboxylic acids is 3. The number of aryl methyl sites for hydroxylation is 1. The van der Waals surface area contributed by atoms with Crippen molar-refractivity contribution in [2.45, 2.75) is 56.7 Å². The van der Waals surface area contributed by atoms with Crippen LogP contribution in [0, 0.1) is 6.92 Å². The number of carbonyl (C=O) groups is 3. The summed E-state index contributed by atoms with van der Waals surface area (Å²) < 4.78 is 1.41. The number of hydrogen-bond donors (Lipinski definition) is 4. The minimum Gasteiger partial charge on any atom is -0.508 e. The van der Waals surface area contributed by atoms with Crippen LogP contribution in [0.2, 0.25) is 0 Å². The van der Waals surface area contributed by atoms with Gasteiger partial charge in [-0.05, 0) is 62.4 Å². The van der Waals surface area contributed by atoms with E-state index in [0.717, 1.165) is 22.2 Å². The van der Waals surface area contributed by atoms with Crippen LogP contribution in [0.25, 0.3) is 10.9 Å². The zero-order valence-electron chi connectivity index (χ0n) is 25.3. The summed E-state index contributed by atoms with van der Waals surface area (Å²) in [6.45, 7) is 5.73. The van der Waals surface area contributed by atoms with E-state index in [0.29, 0.717) is 5.56 Å². The van der Waals surface area contributed by atoms with Crippen LogP contribution < -0.4 is 10.6 Å². The minimum absolute atomic E-state index is 0.0255. The van der Waals surface area contributed by atoms with Crippen molar-refractivity contribution in [2.75, 3.05) is 5.88 Å². The van der Waals surface area contributed by atoms with Crippen LogP contribution in [-0.2, 0) is 29.6 Å². The van der Waals surface area contributed by atoms with Gasteiger partial charge in [-0.25, -0.2) is 0 Å². The monoisotopic (exact) mass is 614 g/mol. The molecule has 0 radical (unpaired) electrons. The Morgan fingerprint density at radius 2 is 1.73 bits per heavy atom. The molecule has 4 N–H and O–H groups in total. The molecule has 44 heavy (non-hydrogen) atoms. The van der Waals surface area contributed by atoms with E-state index in [2.05, 4.69) is 10.6 Å². The van der Waals surface area contributed by atoms with Gasteiger partial charge < -0.3 is 30.3 Å². The molecule has 0 bridgehead atoms. The summed E-state index contributed by atoms with van der Waals surface area (Å²) in [5.41, 5.74) is 3.43. The second-order valence-electron chi connectivity index (χ2n) is 11.7.